The maximum Gasteiger partial charge on any atom is 0.320 e. The second kappa shape index (κ2) is 8.51. The van der Waals surface area contributed by atoms with Crippen molar-refractivity contribution in [3.05, 3.63) is 35.4 Å². The highest BCUT2D eigenvalue weighted by Crippen LogP contribution is 2.21. The summed E-state index contributed by atoms with van der Waals surface area (Å²) in [5.74, 6) is -1.14. The van der Waals surface area contributed by atoms with E-state index in [1.54, 1.807) is 0 Å². The van der Waals surface area contributed by atoms with E-state index in [1.165, 1.54) is 5.56 Å². The summed E-state index contributed by atoms with van der Waals surface area (Å²) in [7, 11) is 0. The van der Waals surface area contributed by atoms with E-state index in [1.807, 2.05) is 38.1 Å². The number of carboxylic acid groups (broad SMARTS) is 1. The fraction of sp³-hybridized carbons (Fsp3) is 0.500. The first-order chi connectivity index (χ1) is 10.4. The van der Waals surface area contributed by atoms with Crippen LogP contribution in [-0.4, -0.2) is 29.6 Å². The normalized spacial score (nSPS) is 19.1. The molecule has 0 spiro atoms. The number of nitrogens with one attached hydrogen (secondary N) is 1. The molecule has 1 amide bonds. The van der Waals surface area contributed by atoms with Gasteiger partial charge in [0.2, 0.25) is 5.91 Å². The number of carboxylic acids is 1. The van der Waals surface area contributed by atoms with E-state index in [4.69, 9.17) is 16.6 Å². The van der Waals surface area contributed by atoms with Crippen LogP contribution in [0.4, 0.5) is 0 Å². The molecule has 1 aromatic rings. The zero-order valence-electron chi connectivity index (χ0n) is 13.1. The summed E-state index contributed by atoms with van der Waals surface area (Å²) in [6.07, 6.45) is 1.79. The van der Waals surface area contributed by atoms with Crippen molar-refractivity contribution in [3.63, 3.8) is 0 Å². The van der Waals surface area contributed by atoms with Crippen LogP contribution in [0.2, 0.25) is 0 Å². The van der Waals surface area contributed by atoms with Gasteiger partial charge in [-0.1, -0.05) is 44.5 Å². The molecule has 0 aliphatic carbocycles. The quantitative estimate of drug-likeness (QED) is 0.656. The molecular weight excluding hydrogens is 282 g/mol. The maximum atomic E-state index is 11.1. The third-order valence-corrected chi connectivity index (χ3v) is 3.94. The van der Waals surface area contributed by atoms with Gasteiger partial charge in [-0.15, -0.1) is 0 Å². The predicted molar refractivity (Wildman–Crippen MR) is 85.2 cm³/mol. The molecule has 1 aliphatic heterocycles. The Kier molecular flexibility index (Phi) is 7.01. The van der Waals surface area contributed by atoms with E-state index in [0.717, 1.165) is 24.9 Å². The van der Waals surface area contributed by atoms with Gasteiger partial charge in [-0.2, -0.15) is 0 Å². The molecule has 0 radical (unpaired) electrons. The van der Waals surface area contributed by atoms with Gasteiger partial charge >= 0.3 is 5.97 Å². The second-order valence-corrected chi connectivity index (χ2v) is 5.49. The molecule has 0 aromatic heterocycles. The molecule has 6 N–H and O–H groups in total. The minimum absolute atomic E-state index is 0.0718. The Bertz CT molecular complexity index is 519. The first-order valence-electron chi connectivity index (χ1n) is 7.47. The summed E-state index contributed by atoms with van der Waals surface area (Å²) in [6.45, 7) is 4.58. The minimum atomic E-state index is -0.913. The molecule has 2 rings (SSSR count). The van der Waals surface area contributed by atoms with E-state index < -0.39 is 12.0 Å². The summed E-state index contributed by atoms with van der Waals surface area (Å²) >= 11 is 0. The third kappa shape index (κ3) is 4.82. The van der Waals surface area contributed by atoms with Crippen molar-refractivity contribution < 1.29 is 14.7 Å². The molecule has 6 heteroatoms. The fourth-order valence-electron chi connectivity index (χ4n) is 2.26. The summed E-state index contributed by atoms with van der Waals surface area (Å²) < 4.78 is 0. The van der Waals surface area contributed by atoms with Gasteiger partial charge in [0.25, 0.3) is 0 Å². The number of amides is 1. The van der Waals surface area contributed by atoms with Crippen LogP contribution in [0.15, 0.2) is 24.3 Å². The van der Waals surface area contributed by atoms with E-state index in [-0.39, 0.29) is 17.9 Å². The Morgan fingerprint density at radius 1 is 1.41 bits per heavy atom. The minimum Gasteiger partial charge on any atom is -0.480 e. The lowest BCUT2D eigenvalue weighted by Gasteiger charge is -2.24. The monoisotopic (exact) mass is 307 g/mol. The summed E-state index contributed by atoms with van der Waals surface area (Å²) in [6, 6.07) is 6.92. The lowest BCUT2D eigenvalue weighted by atomic mass is 9.94. The number of hydrogen-bond acceptors (Lipinski definition) is 4. The summed E-state index contributed by atoms with van der Waals surface area (Å²) in [5.41, 5.74) is 12.8. The number of hydrogen-bond donors (Lipinski definition) is 4. The molecular formula is C16H25N3O3. The van der Waals surface area contributed by atoms with Gasteiger partial charge in [0.05, 0.1) is 0 Å². The lowest BCUT2D eigenvalue weighted by Crippen LogP contribution is -2.38. The molecule has 1 unspecified atom stereocenters. The number of rotatable bonds is 4. The van der Waals surface area contributed by atoms with E-state index in [2.05, 4.69) is 5.32 Å². The number of fused-ring (bicyclic) bond motifs is 1. The molecule has 0 saturated carbocycles. The molecule has 1 aliphatic rings. The lowest BCUT2D eigenvalue weighted by molar-refractivity contribution is -0.139. The van der Waals surface area contributed by atoms with Gasteiger partial charge in [0.15, 0.2) is 0 Å². The molecule has 6 nitrogen and oxygen atoms in total. The number of nitrogens with two attached hydrogens (primary N) is 2. The number of benzene rings is 1. The zero-order valence-corrected chi connectivity index (χ0v) is 13.1. The summed E-state index contributed by atoms with van der Waals surface area (Å²) in [4.78, 5) is 21.3. The van der Waals surface area contributed by atoms with E-state index in [9.17, 15) is 9.59 Å². The van der Waals surface area contributed by atoms with Crippen LogP contribution < -0.4 is 16.8 Å². The number of aliphatic carboxylic acids is 1. The standard InChI is InChI=1S/C10H12N2O.C6H13NO2/c11-10(13)9-8-4-2-1-3-7(8)5-6-12-9;1-3-4(2)5(7)6(8)9/h1-4,9,12H,5-6H2,(H2,11,13);4-5H,3,7H2,1-2H3,(H,8,9)/t;4-,5-/m.0/s1. The van der Waals surface area contributed by atoms with Gasteiger partial charge in [0, 0.05) is 6.54 Å². The highest BCUT2D eigenvalue weighted by molar-refractivity contribution is 5.82. The Morgan fingerprint density at radius 3 is 2.55 bits per heavy atom. The average Bonchev–Trinajstić information content (AvgIpc) is 2.53. The van der Waals surface area contributed by atoms with Gasteiger partial charge < -0.3 is 21.9 Å². The first kappa shape index (κ1) is 18.1. The van der Waals surface area contributed by atoms with Gasteiger partial charge in [-0.3, -0.25) is 9.59 Å². The van der Waals surface area contributed by atoms with Gasteiger partial charge in [0.1, 0.15) is 12.1 Å². The Hall–Kier alpha value is -1.92. The van der Waals surface area contributed by atoms with Crippen LogP contribution >= 0.6 is 0 Å². The molecule has 122 valence electrons. The number of carbonyl (C=O) groups excluding carboxylic acids is 1. The molecule has 0 fully saturated rings. The van der Waals surface area contributed by atoms with Crippen LogP contribution in [0, 0.1) is 5.92 Å². The van der Waals surface area contributed by atoms with Crippen LogP contribution in [0.3, 0.4) is 0 Å². The molecule has 0 bridgehead atoms. The van der Waals surface area contributed by atoms with Crippen molar-refractivity contribution in [2.45, 2.75) is 38.8 Å². The van der Waals surface area contributed by atoms with Crippen molar-refractivity contribution in [2.24, 2.45) is 17.4 Å². The topological polar surface area (TPSA) is 118 Å². The number of carbonyl (C=O) groups is 2. The molecule has 1 aromatic carbocycles. The maximum absolute atomic E-state index is 11.1. The first-order valence-corrected chi connectivity index (χ1v) is 7.47. The van der Waals surface area contributed by atoms with Crippen molar-refractivity contribution >= 4 is 11.9 Å². The fourth-order valence-corrected chi connectivity index (χ4v) is 2.26. The number of primary amides is 1. The van der Waals surface area contributed by atoms with Crippen LogP contribution in [0.1, 0.15) is 37.4 Å². The van der Waals surface area contributed by atoms with Crippen molar-refractivity contribution in [3.8, 4) is 0 Å². The van der Waals surface area contributed by atoms with Crippen LogP contribution in [-0.2, 0) is 16.0 Å². The second-order valence-electron chi connectivity index (χ2n) is 5.49. The van der Waals surface area contributed by atoms with Crippen LogP contribution in [0.25, 0.3) is 0 Å². The van der Waals surface area contributed by atoms with Crippen molar-refractivity contribution in [2.75, 3.05) is 6.54 Å². The zero-order chi connectivity index (χ0) is 16.7. The van der Waals surface area contributed by atoms with Crippen molar-refractivity contribution in [1.82, 2.24) is 5.32 Å². The highest BCUT2D eigenvalue weighted by Gasteiger charge is 2.23. The Balaban J connectivity index is 0.000000239. The van der Waals surface area contributed by atoms with Gasteiger partial charge in [-0.05, 0) is 23.5 Å². The largest absolute Gasteiger partial charge is 0.480 e. The molecule has 1 heterocycles. The smallest absolute Gasteiger partial charge is 0.320 e. The van der Waals surface area contributed by atoms with E-state index in [0.29, 0.717) is 0 Å². The van der Waals surface area contributed by atoms with E-state index >= 15 is 0 Å². The summed E-state index contributed by atoms with van der Waals surface area (Å²) in [5, 5.41) is 11.5. The SMILES string of the molecule is CC[C@H](C)[C@H](N)C(=O)O.NC(=O)C1NCCc2ccccc21. The molecule has 0 saturated heterocycles. The Labute approximate surface area is 130 Å². The van der Waals surface area contributed by atoms with Crippen molar-refractivity contribution in [1.29, 1.82) is 0 Å². The highest BCUT2D eigenvalue weighted by atomic mass is 16.4. The average molecular weight is 307 g/mol. The predicted octanol–water partition coefficient (Wildman–Crippen LogP) is 0.803. The van der Waals surface area contributed by atoms with Crippen LogP contribution in [0.5, 0.6) is 0 Å². The Morgan fingerprint density at radius 2 is 2.05 bits per heavy atom. The molecule has 3 atom stereocenters. The van der Waals surface area contributed by atoms with Gasteiger partial charge in [-0.25, -0.2) is 0 Å². The molecule has 22 heavy (non-hydrogen) atoms. The third-order valence-electron chi connectivity index (χ3n) is 3.94.